The number of ether oxygens (including phenoxy) is 1. The molecule has 0 bridgehead atoms. The molecule has 0 saturated carbocycles. The minimum absolute atomic E-state index is 0.101. The Morgan fingerprint density at radius 3 is 2.86 bits per heavy atom. The van der Waals surface area contributed by atoms with Gasteiger partial charge in [0.05, 0.1) is 18.4 Å². The highest BCUT2D eigenvalue weighted by Crippen LogP contribution is 2.24. The van der Waals surface area contributed by atoms with Crippen LogP contribution in [0.5, 0.6) is 5.75 Å². The van der Waals surface area contributed by atoms with Crippen LogP contribution in [0.3, 0.4) is 0 Å². The molecule has 5 nitrogen and oxygen atoms in total. The summed E-state index contributed by atoms with van der Waals surface area (Å²) in [6.45, 7) is 0. The average Bonchev–Trinajstić information content (AvgIpc) is 2.18. The fourth-order valence-electron chi connectivity index (χ4n) is 0.999. The number of nitrogens with one attached hydrogen (secondary N) is 1. The van der Waals surface area contributed by atoms with E-state index in [1.807, 2.05) is 0 Å². The molecule has 5 heteroatoms. The van der Waals surface area contributed by atoms with Gasteiger partial charge in [0.15, 0.2) is 6.19 Å². The van der Waals surface area contributed by atoms with Crippen LogP contribution in [0, 0.1) is 11.5 Å². The summed E-state index contributed by atoms with van der Waals surface area (Å²) in [7, 11) is 1.44. The van der Waals surface area contributed by atoms with Crippen LogP contribution in [0.2, 0.25) is 0 Å². The van der Waals surface area contributed by atoms with E-state index in [0.29, 0.717) is 11.4 Å². The predicted molar refractivity (Wildman–Crippen MR) is 49.2 cm³/mol. The number of aromatic carboxylic acids is 1. The molecule has 0 heterocycles. The molecule has 1 rings (SSSR count). The van der Waals surface area contributed by atoms with Gasteiger partial charge in [-0.15, -0.1) is 0 Å². The second-order valence-corrected chi connectivity index (χ2v) is 2.46. The molecule has 72 valence electrons. The van der Waals surface area contributed by atoms with Crippen LogP contribution in [-0.2, 0) is 0 Å². The third-order valence-corrected chi connectivity index (χ3v) is 1.64. The smallest absolute Gasteiger partial charge is 0.335 e. The van der Waals surface area contributed by atoms with Crippen molar-refractivity contribution in [3.05, 3.63) is 23.8 Å². The van der Waals surface area contributed by atoms with E-state index in [2.05, 4.69) is 5.32 Å². The second kappa shape index (κ2) is 4.14. The largest absolute Gasteiger partial charge is 0.495 e. The monoisotopic (exact) mass is 192 g/mol. The number of benzene rings is 1. The van der Waals surface area contributed by atoms with E-state index in [4.69, 9.17) is 15.1 Å². The third kappa shape index (κ3) is 1.93. The number of methoxy groups -OCH3 is 1. The van der Waals surface area contributed by atoms with Crippen molar-refractivity contribution in [2.75, 3.05) is 12.4 Å². The normalized spacial score (nSPS) is 8.86. The number of nitriles is 1. The molecule has 0 aromatic heterocycles. The molecule has 0 unspecified atom stereocenters. The summed E-state index contributed by atoms with van der Waals surface area (Å²) >= 11 is 0. The molecule has 0 aliphatic rings. The highest BCUT2D eigenvalue weighted by Gasteiger charge is 2.07. The summed E-state index contributed by atoms with van der Waals surface area (Å²) in [5, 5.41) is 19.4. The van der Waals surface area contributed by atoms with Crippen molar-refractivity contribution in [1.82, 2.24) is 0 Å². The Morgan fingerprint density at radius 1 is 1.64 bits per heavy atom. The van der Waals surface area contributed by atoms with E-state index in [9.17, 15) is 4.79 Å². The quantitative estimate of drug-likeness (QED) is 0.557. The van der Waals surface area contributed by atoms with Gasteiger partial charge in [0.1, 0.15) is 5.75 Å². The highest BCUT2D eigenvalue weighted by atomic mass is 16.5. The molecule has 0 atom stereocenters. The van der Waals surface area contributed by atoms with Gasteiger partial charge in [-0.2, -0.15) is 5.26 Å². The van der Waals surface area contributed by atoms with Gasteiger partial charge in [-0.1, -0.05) is 0 Å². The number of carboxylic acid groups (broad SMARTS) is 1. The zero-order valence-corrected chi connectivity index (χ0v) is 7.44. The number of anilines is 1. The summed E-state index contributed by atoms with van der Waals surface area (Å²) in [5.41, 5.74) is 0.443. The Hall–Kier alpha value is -2.22. The van der Waals surface area contributed by atoms with Gasteiger partial charge in [-0.3, -0.25) is 5.32 Å². The lowest BCUT2D eigenvalue weighted by molar-refractivity contribution is 0.0697. The average molecular weight is 192 g/mol. The van der Waals surface area contributed by atoms with Gasteiger partial charge < -0.3 is 9.84 Å². The zero-order chi connectivity index (χ0) is 10.6. The van der Waals surface area contributed by atoms with E-state index >= 15 is 0 Å². The molecule has 0 aliphatic carbocycles. The first-order valence-electron chi connectivity index (χ1n) is 3.75. The highest BCUT2D eigenvalue weighted by molar-refractivity contribution is 5.89. The van der Waals surface area contributed by atoms with Crippen molar-refractivity contribution < 1.29 is 14.6 Å². The van der Waals surface area contributed by atoms with E-state index in [0.717, 1.165) is 0 Å². The molecule has 14 heavy (non-hydrogen) atoms. The Balaban J connectivity index is 3.15. The summed E-state index contributed by atoms with van der Waals surface area (Å²) in [6.07, 6.45) is 1.70. The van der Waals surface area contributed by atoms with Crippen LogP contribution < -0.4 is 10.1 Å². The predicted octanol–water partition coefficient (Wildman–Crippen LogP) is 1.29. The van der Waals surface area contributed by atoms with Crippen molar-refractivity contribution in [3.63, 3.8) is 0 Å². The molecule has 0 spiro atoms. The van der Waals surface area contributed by atoms with E-state index in [1.165, 1.54) is 25.3 Å². The van der Waals surface area contributed by atoms with Gasteiger partial charge in [-0.05, 0) is 18.2 Å². The van der Waals surface area contributed by atoms with Crippen molar-refractivity contribution in [2.45, 2.75) is 0 Å². The number of rotatable bonds is 3. The number of hydrogen-bond donors (Lipinski definition) is 2. The zero-order valence-electron chi connectivity index (χ0n) is 7.44. The van der Waals surface area contributed by atoms with Gasteiger partial charge in [0.2, 0.25) is 0 Å². The van der Waals surface area contributed by atoms with Crippen LogP contribution >= 0.6 is 0 Å². The number of carboxylic acids is 1. The number of hydrogen-bond acceptors (Lipinski definition) is 4. The van der Waals surface area contributed by atoms with Gasteiger partial charge in [0.25, 0.3) is 0 Å². The van der Waals surface area contributed by atoms with Crippen molar-refractivity contribution in [2.24, 2.45) is 0 Å². The van der Waals surface area contributed by atoms with Crippen molar-refractivity contribution >= 4 is 11.7 Å². The first-order chi connectivity index (χ1) is 6.69. The Labute approximate surface area is 80.5 Å². The van der Waals surface area contributed by atoms with Gasteiger partial charge >= 0.3 is 5.97 Å². The van der Waals surface area contributed by atoms with Gasteiger partial charge in [-0.25, -0.2) is 4.79 Å². The topological polar surface area (TPSA) is 82.3 Å². The van der Waals surface area contributed by atoms with Crippen LogP contribution in [0.1, 0.15) is 10.4 Å². The van der Waals surface area contributed by atoms with Crippen LogP contribution in [-0.4, -0.2) is 18.2 Å². The molecule has 1 aromatic rings. The summed E-state index contributed by atoms with van der Waals surface area (Å²) in [6, 6.07) is 4.23. The molecule has 0 saturated heterocycles. The maximum atomic E-state index is 10.6. The van der Waals surface area contributed by atoms with Crippen molar-refractivity contribution in [3.8, 4) is 11.9 Å². The standard InChI is InChI=1S/C9H8N2O3/c1-14-8-3-2-6(9(12)13)4-7(8)11-5-10/h2-4,11H,1H3,(H,12,13). The van der Waals surface area contributed by atoms with Crippen LogP contribution in [0.25, 0.3) is 0 Å². The minimum atomic E-state index is -1.05. The Kier molecular flexibility index (Phi) is 2.92. The first-order valence-corrected chi connectivity index (χ1v) is 3.75. The maximum absolute atomic E-state index is 10.6. The SMILES string of the molecule is COc1ccc(C(=O)O)cc1NC#N. The molecule has 1 aromatic carbocycles. The summed E-state index contributed by atoms with van der Waals surface area (Å²) in [4.78, 5) is 10.6. The number of carbonyl (C=O) groups is 1. The molecule has 0 fully saturated rings. The minimum Gasteiger partial charge on any atom is -0.495 e. The fourth-order valence-corrected chi connectivity index (χ4v) is 0.999. The maximum Gasteiger partial charge on any atom is 0.335 e. The molecule has 0 amide bonds. The number of nitrogens with zero attached hydrogens (tertiary/aromatic N) is 1. The van der Waals surface area contributed by atoms with Crippen LogP contribution in [0.15, 0.2) is 18.2 Å². The van der Waals surface area contributed by atoms with E-state index < -0.39 is 5.97 Å². The first kappa shape index (κ1) is 9.86. The lowest BCUT2D eigenvalue weighted by atomic mass is 10.2. The lowest BCUT2D eigenvalue weighted by Crippen LogP contribution is -1.99. The van der Waals surface area contributed by atoms with Gasteiger partial charge in [0, 0.05) is 0 Å². The molecule has 0 radical (unpaired) electrons. The summed E-state index contributed by atoms with van der Waals surface area (Å²) in [5.74, 6) is -0.620. The third-order valence-electron chi connectivity index (χ3n) is 1.64. The molecule has 0 aliphatic heterocycles. The van der Waals surface area contributed by atoms with Crippen molar-refractivity contribution in [1.29, 1.82) is 5.26 Å². The Morgan fingerprint density at radius 2 is 2.36 bits per heavy atom. The molecular weight excluding hydrogens is 184 g/mol. The lowest BCUT2D eigenvalue weighted by Gasteiger charge is -2.06. The summed E-state index contributed by atoms with van der Waals surface area (Å²) < 4.78 is 4.93. The Bertz CT molecular complexity index is 396. The second-order valence-electron chi connectivity index (χ2n) is 2.46. The molecule has 2 N–H and O–H groups in total. The van der Waals surface area contributed by atoms with Crippen LogP contribution in [0.4, 0.5) is 5.69 Å². The molecular formula is C9H8N2O3. The van der Waals surface area contributed by atoms with E-state index in [-0.39, 0.29) is 5.56 Å². The van der Waals surface area contributed by atoms with E-state index in [1.54, 1.807) is 6.19 Å². The fraction of sp³-hybridized carbons (Fsp3) is 0.111.